The summed E-state index contributed by atoms with van der Waals surface area (Å²) in [6.07, 6.45) is 2.97. The van der Waals surface area contributed by atoms with Gasteiger partial charge in [0.25, 0.3) is 5.91 Å². The van der Waals surface area contributed by atoms with E-state index in [1.165, 1.54) is 37.1 Å². The highest BCUT2D eigenvalue weighted by Crippen LogP contribution is 2.23. The van der Waals surface area contributed by atoms with Crippen LogP contribution in [0.3, 0.4) is 0 Å². The molecule has 2 unspecified atom stereocenters. The molecule has 1 aromatic carbocycles. The van der Waals surface area contributed by atoms with Gasteiger partial charge in [0.1, 0.15) is 5.82 Å². The predicted molar refractivity (Wildman–Crippen MR) is 98.3 cm³/mol. The zero-order valence-electron chi connectivity index (χ0n) is 15.4. The number of piperazine rings is 1. The molecule has 1 N–H and O–H groups in total. The van der Waals surface area contributed by atoms with Gasteiger partial charge in [-0.2, -0.15) is 0 Å². The average molecular weight is 361 g/mol. The lowest BCUT2D eigenvalue weighted by Crippen LogP contribution is -2.51. The third-order valence-corrected chi connectivity index (χ3v) is 5.65. The van der Waals surface area contributed by atoms with Crippen LogP contribution in [0, 0.1) is 17.7 Å². The van der Waals surface area contributed by atoms with E-state index in [2.05, 4.69) is 12.2 Å². The summed E-state index contributed by atoms with van der Waals surface area (Å²) in [5.41, 5.74) is 0.490. The van der Waals surface area contributed by atoms with Crippen molar-refractivity contribution in [1.29, 1.82) is 0 Å². The van der Waals surface area contributed by atoms with Crippen LogP contribution in [0.1, 0.15) is 36.5 Å². The van der Waals surface area contributed by atoms with E-state index in [0.717, 1.165) is 13.1 Å². The lowest BCUT2D eigenvalue weighted by atomic mass is 9.85. The van der Waals surface area contributed by atoms with Crippen LogP contribution in [0.25, 0.3) is 0 Å². The first-order chi connectivity index (χ1) is 12.5. The largest absolute Gasteiger partial charge is 0.339 e. The van der Waals surface area contributed by atoms with E-state index in [-0.39, 0.29) is 17.6 Å². The molecule has 0 radical (unpaired) electrons. The summed E-state index contributed by atoms with van der Waals surface area (Å²) in [6.45, 7) is 6.46. The molecule has 2 saturated heterocycles. The van der Waals surface area contributed by atoms with Gasteiger partial charge in [-0.25, -0.2) is 4.39 Å². The van der Waals surface area contributed by atoms with Crippen LogP contribution >= 0.6 is 0 Å². The lowest BCUT2D eigenvalue weighted by Gasteiger charge is -2.36. The smallest absolute Gasteiger partial charge is 0.253 e. The standard InChI is InChI=1S/C20H28FN3O2/c1-15(17-3-2-8-22-14-17)13-19(25)23-9-11-24(12-10-23)20(26)16-4-6-18(21)7-5-16/h4-7,15,17,22H,2-3,8-14H2,1H3. The van der Waals surface area contributed by atoms with Crippen molar-refractivity contribution in [2.75, 3.05) is 39.3 Å². The van der Waals surface area contributed by atoms with Gasteiger partial charge in [-0.05, 0) is 62.0 Å². The van der Waals surface area contributed by atoms with Crippen molar-refractivity contribution in [3.63, 3.8) is 0 Å². The van der Waals surface area contributed by atoms with Crippen molar-refractivity contribution < 1.29 is 14.0 Å². The zero-order valence-corrected chi connectivity index (χ0v) is 15.4. The first kappa shape index (κ1) is 18.8. The fourth-order valence-electron chi connectivity index (χ4n) is 3.87. The van der Waals surface area contributed by atoms with Crippen LogP contribution in [-0.2, 0) is 4.79 Å². The third-order valence-electron chi connectivity index (χ3n) is 5.65. The second kappa shape index (κ2) is 8.62. The van der Waals surface area contributed by atoms with E-state index in [1.807, 2.05) is 4.90 Å². The molecule has 6 heteroatoms. The first-order valence-electron chi connectivity index (χ1n) is 9.58. The maximum Gasteiger partial charge on any atom is 0.253 e. The lowest BCUT2D eigenvalue weighted by molar-refractivity contribution is -0.134. The van der Waals surface area contributed by atoms with Gasteiger partial charge in [-0.1, -0.05) is 6.92 Å². The molecule has 0 bridgehead atoms. The summed E-state index contributed by atoms with van der Waals surface area (Å²) in [5, 5.41) is 3.41. The highest BCUT2D eigenvalue weighted by atomic mass is 19.1. The Kier molecular flexibility index (Phi) is 6.25. The molecule has 2 aliphatic heterocycles. The molecule has 2 amide bonds. The minimum atomic E-state index is -0.348. The molecular formula is C20H28FN3O2. The van der Waals surface area contributed by atoms with Crippen LogP contribution in [0.15, 0.2) is 24.3 Å². The maximum atomic E-state index is 13.0. The Bertz CT molecular complexity index is 620. The van der Waals surface area contributed by atoms with Crippen LogP contribution in [-0.4, -0.2) is 60.9 Å². The van der Waals surface area contributed by atoms with Crippen molar-refractivity contribution in [3.05, 3.63) is 35.6 Å². The second-order valence-electron chi connectivity index (χ2n) is 7.47. The Morgan fingerprint density at radius 2 is 1.81 bits per heavy atom. The number of piperidine rings is 1. The van der Waals surface area contributed by atoms with Gasteiger partial charge in [-0.3, -0.25) is 9.59 Å². The molecule has 5 nitrogen and oxygen atoms in total. The fourth-order valence-corrected chi connectivity index (χ4v) is 3.87. The van der Waals surface area contributed by atoms with Crippen LogP contribution in [0.2, 0.25) is 0 Å². The van der Waals surface area contributed by atoms with Gasteiger partial charge in [0.05, 0.1) is 0 Å². The number of carbonyl (C=O) groups excluding carboxylic acids is 2. The number of halogens is 1. The Hall–Kier alpha value is -1.95. The zero-order chi connectivity index (χ0) is 18.5. The molecule has 26 heavy (non-hydrogen) atoms. The highest BCUT2D eigenvalue weighted by molar-refractivity contribution is 5.94. The molecule has 0 aromatic heterocycles. The number of amides is 2. The number of carbonyl (C=O) groups is 2. The summed E-state index contributed by atoms with van der Waals surface area (Å²) >= 11 is 0. The minimum absolute atomic E-state index is 0.0984. The SMILES string of the molecule is CC(CC(=O)N1CCN(C(=O)c2ccc(F)cc2)CC1)C1CCCNC1. The average Bonchev–Trinajstić information content (AvgIpc) is 2.69. The first-order valence-corrected chi connectivity index (χ1v) is 9.58. The molecule has 0 saturated carbocycles. The van der Waals surface area contributed by atoms with Gasteiger partial charge in [0.2, 0.25) is 5.91 Å². The highest BCUT2D eigenvalue weighted by Gasteiger charge is 2.28. The van der Waals surface area contributed by atoms with E-state index in [9.17, 15) is 14.0 Å². The van der Waals surface area contributed by atoms with Crippen LogP contribution in [0.4, 0.5) is 4.39 Å². The number of nitrogens with zero attached hydrogens (tertiary/aromatic N) is 2. The number of benzene rings is 1. The Balaban J connectivity index is 1.47. The summed E-state index contributed by atoms with van der Waals surface area (Å²) in [4.78, 5) is 28.7. The molecule has 3 rings (SSSR count). The summed E-state index contributed by atoms with van der Waals surface area (Å²) in [7, 11) is 0. The topological polar surface area (TPSA) is 52.7 Å². The number of nitrogens with one attached hydrogen (secondary N) is 1. The minimum Gasteiger partial charge on any atom is -0.339 e. The number of rotatable bonds is 4. The van der Waals surface area contributed by atoms with Gasteiger partial charge in [0.15, 0.2) is 0 Å². The van der Waals surface area contributed by atoms with E-state index in [0.29, 0.717) is 50.0 Å². The van der Waals surface area contributed by atoms with E-state index < -0.39 is 0 Å². The third kappa shape index (κ3) is 4.61. The summed E-state index contributed by atoms with van der Waals surface area (Å²) in [6, 6.07) is 5.62. The van der Waals surface area contributed by atoms with Crippen LogP contribution < -0.4 is 5.32 Å². The molecule has 0 aliphatic carbocycles. The number of hydrogen-bond acceptors (Lipinski definition) is 3. The maximum absolute atomic E-state index is 13.0. The molecule has 2 atom stereocenters. The van der Waals surface area contributed by atoms with Crippen LogP contribution in [0.5, 0.6) is 0 Å². The van der Waals surface area contributed by atoms with E-state index in [1.54, 1.807) is 4.90 Å². The van der Waals surface area contributed by atoms with E-state index >= 15 is 0 Å². The van der Waals surface area contributed by atoms with Gasteiger partial charge >= 0.3 is 0 Å². The van der Waals surface area contributed by atoms with Gasteiger partial charge in [0, 0.05) is 38.2 Å². The van der Waals surface area contributed by atoms with Crippen molar-refractivity contribution in [1.82, 2.24) is 15.1 Å². The Morgan fingerprint density at radius 1 is 1.15 bits per heavy atom. The van der Waals surface area contributed by atoms with Crippen molar-refractivity contribution in [3.8, 4) is 0 Å². The molecule has 142 valence electrons. The van der Waals surface area contributed by atoms with Gasteiger partial charge < -0.3 is 15.1 Å². The molecule has 0 spiro atoms. The monoisotopic (exact) mass is 361 g/mol. The second-order valence-corrected chi connectivity index (χ2v) is 7.47. The van der Waals surface area contributed by atoms with Crippen molar-refractivity contribution in [2.45, 2.75) is 26.2 Å². The predicted octanol–water partition coefficient (Wildman–Crippen LogP) is 2.14. The Labute approximate surface area is 154 Å². The Morgan fingerprint density at radius 3 is 2.42 bits per heavy atom. The molecule has 2 heterocycles. The van der Waals surface area contributed by atoms with Gasteiger partial charge in [-0.15, -0.1) is 0 Å². The number of hydrogen-bond donors (Lipinski definition) is 1. The molecular weight excluding hydrogens is 333 g/mol. The molecule has 2 fully saturated rings. The molecule has 1 aromatic rings. The normalized spacial score (nSPS) is 22.2. The summed E-state index contributed by atoms with van der Waals surface area (Å²) < 4.78 is 13.0. The van der Waals surface area contributed by atoms with Crippen molar-refractivity contribution >= 4 is 11.8 Å². The van der Waals surface area contributed by atoms with E-state index in [4.69, 9.17) is 0 Å². The van der Waals surface area contributed by atoms with Crippen molar-refractivity contribution in [2.24, 2.45) is 11.8 Å². The quantitative estimate of drug-likeness (QED) is 0.894. The fraction of sp³-hybridized carbons (Fsp3) is 0.600. The molecule has 2 aliphatic rings. The summed E-state index contributed by atoms with van der Waals surface area (Å²) in [5.74, 6) is 0.707.